The van der Waals surface area contributed by atoms with E-state index in [0.717, 1.165) is 5.56 Å². The van der Waals surface area contributed by atoms with Crippen molar-refractivity contribution in [2.45, 2.75) is 39.3 Å². The molecule has 0 unspecified atom stereocenters. The van der Waals surface area contributed by atoms with Crippen molar-refractivity contribution in [3.8, 4) is 0 Å². The minimum Gasteiger partial charge on any atom is -0.464 e. The van der Waals surface area contributed by atoms with E-state index >= 15 is 0 Å². The Morgan fingerprint density at radius 1 is 1.12 bits per heavy atom. The summed E-state index contributed by atoms with van der Waals surface area (Å²) in [7, 11) is 1.22. The molecule has 0 aromatic heterocycles. The number of nitrogens with one attached hydrogen (secondary N) is 2. The van der Waals surface area contributed by atoms with Gasteiger partial charge in [0.2, 0.25) is 5.91 Å². The number of benzene rings is 1. The van der Waals surface area contributed by atoms with Crippen LogP contribution in [0.1, 0.15) is 33.3 Å². The summed E-state index contributed by atoms with van der Waals surface area (Å²) in [5.74, 6) is -1.26. The molecule has 0 saturated heterocycles. The molecule has 1 aromatic rings. The summed E-state index contributed by atoms with van der Waals surface area (Å²) >= 11 is 0. The quantitative estimate of drug-likeness (QED) is 0.629. The van der Waals surface area contributed by atoms with Crippen LogP contribution in [0.2, 0.25) is 0 Å². The third kappa shape index (κ3) is 7.52. The fourth-order valence-corrected chi connectivity index (χ4v) is 1.76. The second-order valence-corrected chi connectivity index (χ2v) is 6.32. The lowest BCUT2D eigenvalue weighted by Crippen LogP contribution is -2.46. The van der Waals surface area contributed by atoms with E-state index < -0.39 is 29.6 Å². The average Bonchev–Trinajstić information content (AvgIpc) is 2.52. The Labute approximate surface area is 147 Å². The molecule has 0 fully saturated rings. The van der Waals surface area contributed by atoms with E-state index in [2.05, 4.69) is 15.4 Å². The number of hydrogen-bond acceptors (Lipinski definition) is 5. The molecule has 0 heterocycles. The van der Waals surface area contributed by atoms with E-state index in [0.29, 0.717) is 0 Å². The van der Waals surface area contributed by atoms with Gasteiger partial charge in [-0.25, -0.2) is 9.59 Å². The third-order valence-corrected chi connectivity index (χ3v) is 2.90. The Morgan fingerprint density at radius 2 is 1.72 bits per heavy atom. The molecule has 1 aromatic carbocycles. The lowest BCUT2D eigenvalue weighted by Gasteiger charge is -2.21. The first-order valence-corrected chi connectivity index (χ1v) is 7.78. The largest absolute Gasteiger partial charge is 0.464 e. The molecule has 2 amide bonds. The van der Waals surface area contributed by atoms with Gasteiger partial charge in [-0.3, -0.25) is 4.79 Å². The van der Waals surface area contributed by atoms with Crippen LogP contribution in [0.4, 0.5) is 4.79 Å². The number of carbonyl (C=O) groups is 3. The fourth-order valence-electron chi connectivity index (χ4n) is 1.76. The van der Waals surface area contributed by atoms with Crippen molar-refractivity contribution in [3.63, 3.8) is 0 Å². The SMILES string of the molecule is COC(=O)/C(=C/c1ccccc1)NC(=O)[C@H](C)NC(=O)OC(C)(C)C. The maximum atomic E-state index is 12.2. The smallest absolute Gasteiger partial charge is 0.408 e. The minimum absolute atomic E-state index is 0.0310. The predicted octanol–water partition coefficient (Wildman–Crippen LogP) is 2.23. The van der Waals surface area contributed by atoms with Gasteiger partial charge >= 0.3 is 12.1 Å². The monoisotopic (exact) mass is 348 g/mol. The normalized spacial score (nSPS) is 12.8. The van der Waals surface area contributed by atoms with Gasteiger partial charge in [0, 0.05) is 0 Å². The molecule has 7 heteroatoms. The summed E-state index contributed by atoms with van der Waals surface area (Å²) in [5, 5.41) is 4.87. The van der Waals surface area contributed by atoms with Gasteiger partial charge in [-0.15, -0.1) is 0 Å². The van der Waals surface area contributed by atoms with Crippen LogP contribution < -0.4 is 10.6 Å². The molecule has 0 aliphatic carbocycles. The number of hydrogen-bond donors (Lipinski definition) is 2. The lowest BCUT2D eigenvalue weighted by atomic mass is 10.2. The number of alkyl carbamates (subject to hydrolysis) is 1. The zero-order valence-corrected chi connectivity index (χ0v) is 15.1. The van der Waals surface area contributed by atoms with E-state index in [-0.39, 0.29) is 5.70 Å². The van der Waals surface area contributed by atoms with Gasteiger partial charge in [0.15, 0.2) is 0 Å². The van der Waals surface area contributed by atoms with Crippen molar-refractivity contribution >= 4 is 24.0 Å². The third-order valence-electron chi connectivity index (χ3n) is 2.90. The molecule has 0 aliphatic heterocycles. The van der Waals surface area contributed by atoms with Gasteiger partial charge in [0.25, 0.3) is 0 Å². The van der Waals surface area contributed by atoms with Gasteiger partial charge in [-0.2, -0.15) is 0 Å². The zero-order chi connectivity index (χ0) is 19.0. The van der Waals surface area contributed by atoms with E-state index in [4.69, 9.17) is 4.74 Å². The minimum atomic E-state index is -0.904. The number of methoxy groups -OCH3 is 1. The van der Waals surface area contributed by atoms with E-state index in [1.807, 2.05) is 6.07 Å². The molecule has 0 saturated carbocycles. The van der Waals surface area contributed by atoms with Crippen molar-refractivity contribution in [3.05, 3.63) is 41.6 Å². The first-order chi connectivity index (χ1) is 11.6. The Bertz CT molecular complexity index is 647. The van der Waals surface area contributed by atoms with Crippen molar-refractivity contribution in [1.29, 1.82) is 0 Å². The molecule has 0 spiro atoms. The molecular weight excluding hydrogens is 324 g/mol. The van der Waals surface area contributed by atoms with Crippen LogP contribution in [0.5, 0.6) is 0 Å². The summed E-state index contributed by atoms with van der Waals surface area (Å²) in [6.07, 6.45) is 0.769. The number of esters is 1. The van der Waals surface area contributed by atoms with Gasteiger partial charge < -0.3 is 20.1 Å². The van der Waals surface area contributed by atoms with Crippen LogP contribution in [0, 0.1) is 0 Å². The number of rotatable bonds is 5. The fraction of sp³-hybridized carbons (Fsp3) is 0.389. The summed E-state index contributed by atoms with van der Waals surface area (Å²) in [5.41, 5.74) is 0.0116. The van der Waals surface area contributed by atoms with E-state index in [9.17, 15) is 14.4 Å². The molecule has 0 radical (unpaired) electrons. The molecule has 1 rings (SSSR count). The standard InChI is InChI=1S/C18H24N2O5/c1-12(19-17(23)25-18(2,3)4)15(21)20-14(16(22)24-5)11-13-9-7-6-8-10-13/h6-12H,1-5H3,(H,19,23)(H,20,21)/b14-11-/t12-/m0/s1. The van der Waals surface area contributed by atoms with Crippen LogP contribution >= 0.6 is 0 Å². The number of carbonyl (C=O) groups excluding carboxylic acids is 3. The number of amides is 2. The lowest BCUT2D eigenvalue weighted by molar-refractivity contribution is -0.137. The predicted molar refractivity (Wildman–Crippen MR) is 93.4 cm³/mol. The molecule has 2 N–H and O–H groups in total. The van der Waals surface area contributed by atoms with Crippen LogP contribution in [0.25, 0.3) is 6.08 Å². The van der Waals surface area contributed by atoms with Crippen LogP contribution in [0.15, 0.2) is 36.0 Å². The van der Waals surface area contributed by atoms with Crippen LogP contribution in [-0.4, -0.2) is 36.7 Å². The highest BCUT2D eigenvalue weighted by Gasteiger charge is 2.23. The molecule has 1 atom stereocenters. The van der Waals surface area contributed by atoms with Gasteiger partial charge in [0.1, 0.15) is 17.3 Å². The van der Waals surface area contributed by atoms with E-state index in [1.54, 1.807) is 45.0 Å². The topological polar surface area (TPSA) is 93.7 Å². The van der Waals surface area contributed by atoms with E-state index in [1.165, 1.54) is 20.1 Å². The first-order valence-electron chi connectivity index (χ1n) is 7.78. The van der Waals surface area contributed by atoms with Crippen molar-refractivity contribution < 1.29 is 23.9 Å². The molecule has 136 valence electrons. The highest BCUT2D eigenvalue weighted by atomic mass is 16.6. The highest BCUT2D eigenvalue weighted by molar-refractivity contribution is 5.99. The molecular formula is C18H24N2O5. The van der Waals surface area contributed by atoms with Crippen LogP contribution in [-0.2, 0) is 19.1 Å². The van der Waals surface area contributed by atoms with Crippen molar-refractivity contribution in [1.82, 2.24) is 10.6 Å². The highest BCUT2D eigenvalue weighted by Crippen LogP contribution is 2.08. The molecule has 0 aliphatic rings. The Morgan fingerprint density at radius 3 is 2.24 bits per heavy atom. The Hall–Kier alpha value is -2.83. The average molecular weight is 348 g/mol. The van der Waals surface area contributed by atoms with Gasteiger partial charge in [-0.1, -0.05) is 30.3 Å². The number of ether oxygens (including phenoxy) is 2. The summed E-state index contributed by atoms with van der Waals surface area (Å²) in [6.45, 7) is 6.64. The molecule has 7 nitrogen and oxygen atoms in total. The Balaban J connectivity index is 2.80. The maximum Gasteiger partial charge on any atom is 0.408 e. The second-order valence-electron chi connectivity index (χ2n) is 6.32. The summed E-state index contributed by atoms with van der Waals surface area (Å²) in [6, 6.07) is 8.08. The van der Waals surface area contributed by atoms with Crippen LogP contribution in [0.3, 0.4) is 0 Å². The molecule has 25 heavy (non-hydrogen) atoms. The van der Waals surface area contributed by atoms with Gasteiger partial charge in [0.05, 0.1) is 7.11 Å². The van der Waals surface area contributed by atoms with Crippen molar-refractivity contribution in [2.75, 3.05) is 7.11 Å². The maximum absolute atomic E-state index is 12.2. The summed E-state index contributed by atoms with van der Waals surface area (Å²) < 4.78 is 9.77. The first kappa shape index (κ1) is 20.2. The summed E-state index contributed by atoms with van der Waals surface area (Å²) in [4.78, 5) is 35.8. The zero-order valence-electron chi connectivity index (χ0n) is 15.1. The molecule has 0 bridgehead atoms. The Kier molecular flexibility index (Phi) is 7.17. The van der Waals surface area contributed by atoms with Gasteiger partial charge in [-0.05, 0) is 39.3 Å². The second kappa shape index (κ2) is 8.86. The van der Waals surface area contributed by atoms with Crippen molar-refractivity contribution in [2.24, 2.45) is 0 Å².